The fourth-order valence-corrected chi connectivity index (χ4v) is 1.63. The molecule has 1 rings (SSSR count). The number of nitrogens with two attached hydrogens (primary N) is 1. The van der Waals surface area contributed by atoms with Crippen LogP contribution in [-0.4, -0.2) is 29.3 Å². The number of hydrogen-bond donors (Lipinski definition) is 1. The van der Waals surface area contributed by atoms with Crippen molar-refractivity contribution in [3.05, 3.63) is 39.9 Å². The minimum Gasteiger partial charge on any atom is -0.341 e. The number of hydrogen-bond acceptors (Lipinski definition) is 4. The van der Waals surface area contributed by atoms with Crippen LogP contribution in [0.15, 0.2) is 24.3 Å². The number of nitro benzene ring substituents is 1. The average molecular weight is 251 g/mol. The van der Waals surface area contributed by atoms with Gasteiger partial charge in [-0.25, -0.2) is 0 Å². The summed E-state index contributed by atoms with van der Waals surface area (Å²) < 4.78 is 0. The van der Waals surface area contributed by atoms with Gasteiger partial charge in [-0.2, -0.15) is 0 Å². The highest BCUT2D eigenvalue weighted by Gasteiger charge is 2.19. The molecule has 0 aliphatic heterocycles. The topological polar surface area (TPSA) is 89.5 Å². The van der Waals surface area contributed by atoms with E-state index in [2.05, 4.69) is 0 Å². The molecule has 1 amide bonds. The summed E-state index contributed by atoms with van der Waals surface area (Å²) in [5.74, 6) is -0.395. The van der Waals surface area contributed by atoms with Crippen LogP contribution in [0.5, 0.6) is 0 Å². The summed E-state index contributed by atoms with van der Waals surface area (Å²) in [5, 5.41) is 10.8. The van der Waals surface area contributed by atoms with Gasteiger partial charge in [-0.05, 0) is 0 Å². The summed E-state index contributed by atoms with van der Waals surface area (Å²) in [5.41, 5.74) is 5.97. The summed E-state index contributed by atoms with van der Waals surface area (Å²) in [4.78, 5) is 23.7. The summed E-state index contributed by atoms with van der Waals surface area (Å²) in [6, 6.07) is 6.40. The highest BCUT2D eigenvalue weighted by Crippen LogP contribution is 2.19. The van der Waals surface area contributed by atoms with Crippen LogP contribution in [0.3, 0.4) is 0 Å². The minimum atomic E-state index is -0.444. The molecular formula is C12H17N3O3. The lowest BCUT2D eigenvalue weighted by molar-refractivity contribution is -0.385. The van der Waals surface area contributed by atoms with Crippen LogP contribution in [0, 0.1) is 16.0 Å². The highest BCUT2D eigenvalue weighted by atomic mass is 16.6. The van der Waals surface area contributed by atoms with Crippen LogP contribution in [0.25, 0.3) is 0 Å². The first-order valence-corrected chi connectivity index (χ1v) is 5.64. The molecule has 1 unspecified atom stereocenters. The molecule has 6 heteroatoms. The molecule has 0 saturated heterocycles. The number of nitrogens with zero attached hydrogens (tertiary/aromatic N) is 2. The van der Waals surface area contributed by atoms with Gasteiger partial charge in [0.05, 0.1) is 11.5 Å². The molecule has 1 atom stereocenters. The Bertz CT molecular complexity index is 448. The van der Waals surface area contributed by atoms with Gasteiger partial charge in [-0.15, -0.1) is 0 Å². The summed E-state index contributed by atoms with van der Waals surface area (Å²) in [7, 11) is 1.62. The Hall–Kier alpha value is -1.95. The molecule has 0 aliphatic carbocycles. The largest absolute Gasteiger partial charge is 0.341 e. The zero-order valence-electron chi connectivity index (χ0n) is 10.5. The van der Waals surface area contributed by atoms with E-state index < -0.39 is 4.92 Å². The maximum Gasteiger partial charge on any atom is 0.274 e. The smallest absolute Gasteiger partial charge is 0.274 e. The Morgan fingerprint density at radius 1 is 1.50 bits per heavy atom. The van der Waals surface area contributed by atoms with E-state index in [1.165, 1.54) is 11.0 Å². The number of nitro groups is 1. The Labute approximate surface area is 106 Å². The van der Waals surface area contributed by atoms with E-state index in [0.717, 1.165) is 0 Å². The van der Waals surface area contributed by atoms with E-state index in [1.807, 2.05) is 0 Å². The Balaban J connectivity index is 2.85. The molecule has 1 aromatic rings. The first-order valence-electron chi connectivity index (χ1n) is 5.64. The van der Waals surface area contributed by atoms with E-state index in [1.54, 1.807) is 32.2 Å². The highest BCUT2D eigenvalue weighted by molar-refractivity contribution is 5.78. The van der Waals surface area contributed by atoms with Crippen molar-refractivity contribution >= 4 is 11.6 Å². The van der Waals surface area contributed by atoms with Crippen LogP contribution >= 0.6 is 0 Å². The number of carbonyl (C=O) groups is 1. The Kier molecular flexibility index (Phi) is 4.79. The molecule has 2 N–H and O–H groups in total. The first kappa shape index (κ1) is 14.1. The van der Waals surface area contributed by atoms with E-state index in [4.69, 9.17) is 5.73 Å². The zero-order chi connectivity index (χ0) is 13.7. The molecule has 6 nitrogen and oxygen atoms in total. The van der Waals surface area contributed by atoms with E-state index >= 15 is 0 Å². The molecule has 0 bridgehead atoms. The summed E-state index contributed by atoms with van der Waals surface area (Å²) in [6.07, 6.45) is 0. The molecule has 0 saturated carbocycles. The summed E-state index contributed by atoms with van der Waals surface area (Å²) in [6.45, 7) is 2.21. The van der Waals surface area contributed by atoms with Gasteiger partial charge >= 0.3 is 0 Å². The number of carbonyl (C=O) groups excluding carboxylic acids is 1. The molecule has 0 aromatic heterocycles. The SMILES string of the molecule is CC(CN)C(=O)N(C)Cc1ccccc1[N+](=O)[O-]. The van der Waals surface area contributed by atoms with E-state index in [0.29, 0.717) is 5.56 Å². The van der Waals surface area contributed by atoms with Crippen molar-refractivity contribution in [2.24, 2.45) is 11.7 Å². The third-order valence-corrected chi connectivity index (χ3v) is 2.75. The van der Waals surface area contributed by atoms with Crippen molar-refractivity contribution < 1.29 is 9.72 Å². The fourth-order valence-electron chi connectivity index (χ4n) is 1.63. The van der Waals surface area contributed by atoms with Gasteiger partial charge in [-0.1, -0.05) is 25.1 Å². The van der Waals surface area contributed by atoms with Crippen molar-refractivity contribution in [1.82, 2.24) is 4.90 Å². The number of para-hydroxylation sites is 1. The van der Waals surface area contributed by atoms with E-state index in [9.17, 15) is 14.9 Å². The molecule has 18 heavy (non-hydrogen) atoms. The molecule has 0 radical (unpaired) electrons. The van der Waals surface area contributed by atoms with Crippen molar-refractivity contribution in [2.75, 3.05) is 13.6 Å². The van der Waals surface area contributed by atoms with Gasteiger partial charge in [0, 0.05) is 31.1 Å². The van der Waals surface area contributed by atoms with Gasteiger partial charge in [0.25, 0.3) is 5.69 Å². The maximum atomic E-state index is 11.8. The number of rotatable bonds is 5. The molecule has 0 aliphatic rings. The molecule has 0 spiro atoms. The monoisotopic (exact) mass is 251 g/mol. The molecular weight excluding hydrogens is 234 g/mol. The molecule has 98 valence electrons. The third kappa shape index (κ3) is 3.27. The van der Waals surface area contributed by atoms with Crippen LogP contribution in [0.4, 0.5) is 5.69 Å². The van der Waals surface area contributed by atoms with Gasteiger partial charge < -0.3 is 10.6 Å². The Morgan fingerprint density at radius 3 is 2.67 bits per heavy atom. The second-order valence-corrected chi connectivity index (χ2v) is 4.22. The van der Waals surface area contributed by atoms with Crippen LogP contribution in [0.1, 0.15) is 12.5 Å². The van der Waals surface area contributed by atoms with Crippen molar-refractivity contribution in [2.45, 2.75) is 13.5 Å². The fraction of sp³-hybridized carbons (Fsp3) is 0.417. The number of benzene rings is 1. The normalized spacial score (nSPS) is 11.9. The minimum absolute atomic E-state index is 0.0255. The lowest BCUT2D eigenvalue weighted by Gasteiger charge is -2.20. The Morgan fingerprint density at radius 2 is 2.11 bits per heavy atom. The first-order chi connectivity index (χ1) is 8.47. The van der Waals surface area contributed by atoms with Crippen LogP contribution in [0.2, 0.25) is 0 Å². The lowest BCUT2D eigenvalue weighted by atomic mass is 10.1. The standard InChI is InChI=1S/C12H17N3O3/c1-9(7-13)12(16)14(2)8-10-5-3-4-6-11(10)15(17)18/h3-6,9H,7-8,13H2,1-2H3. The molecule has 1 aromatic carbocycles. The zero-order valence-corrected chi connectivity index (χ0v) is 10.5. The average Bonchev–Trinajstić information content (AvgIpc) is 2.37. The van der Waals surface area contributed by atoms with Gasteiger partial charge in [-0.3, -0.25) is 14.9 Å². The molecule has 0 heterocycles. The lowest BCUT2D eigenvalue weighted by Crippen LogP contribution is -2.34. The van der Waals surface area contributed by atoms with Crippen molar-refractivity contribution in [1.29, 1.82) is 0 Å². The van der Waals surface area contributed by atoms with Gasteiger partial charge in [0.2, 0.25) is 5.91 Å². The second kappa shape index (κ2) is 6.11. The van der Waals surface area contributed by atoms with E-state index in [-0.39, 0.29) is 30.6 Å². The molecule has 0 fully saturated rings. The van der Waals surface area contributed by atoms with Crippen LogP contribution < -0.4 is 5.73 Å². The predicted octanol–water partition coefficient (Wildman–Crippen LogP) is 1.15. The number of amides is 1. The summed E-state index contributed by atoms with van der Waals surface area (Å²) >= 11 is 0. The third-order valence-electron chi connectivity index (χ3n) is 2.75. The second-order valence-electron chi connectivity index (χ2n) is 4.22. The van der Waals surface area contributed by atoms with Crippen molar-refractivity contribution in [3.8, 4) is 0 Å². The van der Waals surface area contributed by atoms with Gasteiger partial charge in [0.1, 0.15) is 0 Å². The van der Waals surface area contributed by atoms with Gasteiger partial charge in [0.15, 0.2) is 0 Å². The quantitative estimate of drug-likeness (QED) is 0.627. The van der Waals surface area contributed by atoms with Crippen molar-refractivity contribution in [3.63, 3.8) is 0 Å². The maximum absolute atomic E-state index is 11.8. The predicted molar refractivity (Wildman–Crippen MR) is 67.8 cm³/mol. The van der Waals surface area contributed by atoms with Crippen LogP contribution in [-0.2, 0) is 11.3 Å².